The van der Waals surface area contributed by atoms with Gasteiger partial charge < -0.3 is 4.74 Å². The number of hydrogen-bond donors (Lipinski definition) is 0. The van der Waals surface area contributed by atoms with Gasteiger partial charge in [0.2, 0.25) is 0 Å². The Kier molecular flexibility index (Phi) is 2.83. The molecule has 0 aromatic carbocycles. The van der Waals surface area contributed by atoms with E-state index in [0.29, 0.717) is 5.56 Å². The summed E-state index contributed by atoms with van der Waals surface area (Å²) in [6, 6.07) is 7.65. The molecule has 0 amide bonds. The van der Waals surface area contributed by atoms with E-state index < -0.39 is 0 Å². The second-order valence-electron chi connectivity index (χ2n) is 4.19. The van der Waals surface area contributed by atoms with Gasteiger partial charge in [0, 0.05) is 11.1 Å². The molecule has 0 N–H and O–H groups in total. The van der Waals surface area contributed by atoms with Crippen molar-refractivity contribution >= 4 is 22.8 Å². The highest BCUT2D eigenvalue weighted by Crippen LogP contribution is 2.27. The van der Waals surface area contributed by atoms with E-state index in [4.69, 9.17) is 4.74 Å². The number of thiophene rings is 1. The first-order chi connectivity index (χ1) is 9.19. The van der Waals surface area contributed by atoms with Crippen LogP contribution in [0.1, 0.15) is 15.2 Å². The predicted molar refractivity (Wildman–Crippen MR) is 74.6 cm³/mol. The van der Waals surface area contributed by atoms with E-state index in [-0.39, 0.29) is 5.97 Å². The summed E-state index contributed by atoms with van der Waals surface area (Å²) < 4.78 is 6.68. The molecule has 3 heterocycles. The molecule has 0 spiro atoms. The number of carbonyl (C=O) groups excluding carboxylic acids is 1. The van der Waals surface area contributed by atoms with Crippen LogP contribution < -0.4 is 0 Å². The maximum absolute atomic E-state index is 11.5. The zero-order valence-corrected chi connectivity index (χ0v) is 11.4. The SMILES string of the molecule is COC(=O)c1ccn2c(-c3ccc(C)s3)ncc2c1. The summed E-state index contributed by atoms with van der Waals surface area (Å²) >= 11 is 1.70. The third kappa shape index (κ3) is 2.02. The van der Waals surface area contributed by atoms with Crippen LogP contribution in [0.25, 0.3) is 16.2 Å². The predicted octanol–water partition coefficient (Wildman–Crippen LogP) is 3.16. The molecule has 4 nitrogen and oxygen atoms in total. The molecule has 3 rings (SSSR count). The minimum absolute atomic E-state index is 0.336. The molecule has 0 saturated carbocycles. The van der Waals surface area contributed by atoms with Crippen molar-refractivity contribution in [3.63, 3.8) is 0 Å². The van der Waals surface area contributed by atoms with Gasteiger partial charge in [0.25, 0.3) is 0 Å². The van der Waals surface area contributed by atoms with Crippen LogP contribution in [0.4, 0.5) is 0 Å². The number of hydrogen-bond acceptors (Lipinski definition) is 4. The average Bonchev–Trinajstić information content (AvgIpc) is 3.02. The van der Waals surface area contributed by atoms with Crippen LogP contribution in [0.3, 0.4) is 0 Å². The van der Waals surface area contributed by atoms with Gasteiger partial charge in [-0.25, -0.2) is 9.78 Å². The van der Waals surface area contributed by atoms with Crippen molar-refractivity contribution in [3.8, 4) is 10.7 Å². The lowest BCUT2D eigenvalue weighted by Crippen LogP contribution is -2.01. The summed E-state index contributed by atoms with van der Waals surface area (Å²) in [5.74, 6) is 0.557. The molecule has 0 aliphatic rings. The summed E-state index contributed by atoms with van der Waals surface area (Å²) in [6.07, 6.45) is 3.61. The third-order valence-electron chi connectivity index (χ3n) is 2.91. The Bertz CT molecular complexity index is 758. The van der Waals surface area contributed by atoms with Crippen molar-refractivity contribution in [2.45, 2.75) is 6.92 Å². The molecule has 3 aromatic heterocycles. The second-order valence-corrected chi connectivity index (χ2v) is 5.48. The Hall–Kier alpha value is -2.14. The van der Waals surface area contributed by atoms with Gasteiger partial charge in [0.05, 0.1) is 29.3 Å². The second kappa shape index (κ2) is 4.51. The van der Waals surface area contributed by atoms with Gasteiger partial charge in [-0.3, -0.25) is 4.40 Å². The number of aromatic nitrogens is 2. The molecule has 0 aliphatic heterocycles. The Morgan fingerprint density at radius 3 is 2.89 bits per heavy atom. The number of aryl methyl sites for hydroxylation is 1. The number of nitrogens with zero attached hydrogens (tertiary/aromatic N) is 2. The normalized spacial score (nSPS) is 10.8. The van der Waals surface area contributed by atoms with E-state index in [2.05, 4.69) is 24.0 Å². The van der Waals surface area contributed by atoms with Crippen LogP contribution in [0.2, 0.25) is 0 Å². The topological polar surface area (TPSA) is 43.6 Å². The average molecular weight is 272 g/mol. The van der Waals surface area contributed by atoms with E-state index in [9.17, 15) is 4.79 Å². The molecule has 0 radical (unpaired) electrons. The van der Waals surface area contributed by atoms with Crippen LogP contribution in [0, 0.1) is 6.92 Å². The maximum Gasteiger partial charge on any atom is 0.337 e. The molecule has 3 aromatic rings. The zero-order valence-electron chi connectivity index (χ0n) is 10.6. The Morgan fingerprint density at radius 1 is 1.37 bits per heavy atom. The number of methoxy groups -OCH3 is 1. The Labute approximate surface area is 114 Å². The fourth-order valence-electron chi connectivity index (χ4n) is 1.98. The molecule has 96 valence electrons. The lowest BCUT2D eigenvalue weighted by molar-refractivity contribution is 0.0601. The Morgan fingerprint density at radius 2 is 2.21 bits per heavy atom. The number of rotatable bonds is 2. The first-order valence-corrected chi connectivity index (χ1v) is 6.63. The molecule has 0 saturated heterocycles. The minimum Gasteiger partial charge on any atom is -0.465 e. The van der Waals surface area contributed by atoms with Crippen molar-refractivity contribution in [2.75, 3.05) is 7.11 Å². The standard InChI is InChI=1S/C14H12N2O2S/c1-9-3-4-12(19-9)13-15-8-11-7-10(14(17)18-2)5-6-16(11)13/h3-8H,1-2H3. The first kappa shape index (κ1) is 11.9. The minimum atomic E-state index is -0.336. The van der Waals surface area contributed by atoms with Gasteiger partial charge >= 0.3 is 5.97 Å². The van der Waals surface area contributed by atoms with Gasteiger partial charge in [-0.1, -0.05) is 0 Å². The highest BCUT2D eigenvalue weighted by molar-refractivity contribution is 7.15. The fraction of sp³-hybridized carbons (Fsp3) is 0.143. The molecule has 0 atom stereocenters. The number of ether oxygens (including phenoxy) is 1. The summed E-state index contributed by atoms with van der Waals surface area (Å²) in [7, 11) is 1.38. The van der Waals surface area contributed by atoms with Gasteiger partial charge in [-0.2, -0.15) is 0 Å². The quantitative estimate of drug-likeness (QED) is 0.673. The third-order valence-corrected chi connectivity index (χ3v) is 3.91. The van der Waals surface area contributed by atoms with Gasteiger partial charge in [0.15, 0.2) is 5.82 Å². The monoisotopic (exact) mass is 272 g/mol. The van der Waals surface area contributed by atoms with Crippen molar-refractivity contribution in [1.29, 1.82) is 0 Å². The number of pyridine rings is 1. The number of esters is 1. The highest BCUT2D eigenvalue weighted by Gasteiger charge is 2.11. The molecule has 0 bridgehead atoms. The zero-order chi connectivity index (χ0) is 13.4. The number of imidazole rings is 1. The molecule has 5 heteroatoms. The highest BCUT2D eigenvalue weighted by atomic mass is 32.1. The van der Waals surface area contributed by atoms with E-state index in [0.717, 1.165) is 16.2 Å². The smallest absolute Gasteiger partial charge is 0.337 e. The van der Waals surface area contributed by atoms with E-state index in [1.54, 1.807) is 29.7 Å². The van der Waals surface area contributed by atoms with Crippen molar-refractivity contribution in [2.24, 2.45) is 0 Å². The number of carbonyl (C=O) groups is 1. The summed E-state index contributed by atoms with van der Waals surface area (Å²) in [4.78, 5) is 18.3. The summed E-state index contributed by atoms with van der Waals surface area (Å²) in [5, 5.41) is 0. The van der Waals surface area contributed by atoms with Crippen LogP contribution in [0.5, 0.6) is 0 Å². The van der Waals surface area contributed by atoms with E-state index >= 15 is 0 Å². The lowest BCUT2D eigenvalue weighted by Gasteiger charge is -2.02. The van der Waals surface area contributed by atoms with Gasteiger partial charge in [-0.05, 0) is 31.2 Å². The van der Waals surface area contributed by atoms with Gasteiger partial charge in [-0.15, -0.1) is 11.3 Å². The summed E-state index contributed by atoms with van der Waals surface area (Å²) in [5.41, 5.74) is 1.41. The Balaban J connectivity index is 2.12. The largest absolute Gasteiger partial charge is 0.465 e. The molecule has 0 unspecified atom stereocenters. The summed E-state index contributed by atoms with van der Waals surface area (Å²) in [6.45, 7) is 2.07. The van der Waals surface area contributed by atoms with Crippen molar-refractivity contribution in [3.05, 3.63) is 47.1 Å². The molecule has 19 heavy (non-hydrogen) atoms. The lowest BCUT2D eigenvalue weighted by atomic mass is 10.2. The molecule has 0 aliphatic carbocycles. The van der Waals surface area contributed by atoms with Crippen molar-refractivity contribution < 1.29 is 9.53 Å². The van der Waals surface area contributed by atoms with Crippen molar-refractivity contribution in [1.82, 2.24) is 9.38 Å². The molecule has 0 fully saturated rings. The van der Waals surface area contributed by atoms with Crippen LogP contribution in [0.15, 0.2) is 36.7 Å². The maximum atomic E-state index is 11.5. The van der Waals surface area contributed by atoms with Gasteiger partial charge in [0.1, 0.15) is 0 Å². The molecular formula is C14H12N2O2S. The van der Waals surface area contributed by atoms with Crippen LogP contribution in [-0.4, -0.2) is 22.5 Å². The molecular weight excluding hydrogens is 260 g/mol. The van der Waals surface area contributed by atoms with Crippen LogP contribution in [-0.2, 0) is 4.74 Å². The number of fused-ring (bicyclic) bond motifs is 1. The van der Waals surface area contributed by atoms with Crippen LogP contribution >= 0.6 is 11.3 Å². The fourth-order valence-corrected chi connectivity index (χ4v) is 2.84. The van der Waals surface area contributed by atoms with E-state index in [1.165, 1.54) is 12.0 Å². The van der Waals surface area contributed by atoms with E-state index in [1.807, 2.05) is 10.6 Å². The first-order valence-electron chi connectivity index (χ1n) is 5.81.